The third-order valence-corrected chi connectivity index (χ3v) is 6.09. The number of benzene rings is 2. The molecule has 0 radical (unpaired) electrons. The number of rotatable bonds is 8. The Bertz CT molecular complexity index is 1220. The molecule has 170 valence electrons. The highest BCUT2D eigenvalue weighted by molar-refractivity contribution is 7.92. The van der Waals surface area contributed by atoms with Gasteiger partial charge in [-0.25, -0.2) is 22.2 Å². The van der Waals surface area contributed by atoms with Gasteiger partial charge in [0.25, 0.3) is 5.91 Å². The molecular formula is C22H23F2N3O3S2. The fourth-order valence-corrected chi connectivity index (χ4v) is 4.37. The summed E-state index contributed by atoms with van der Waals surface area (Å²) in [6, 6.07) is 10.1. The summed E-state index contributed by atoms with van der Waals surface area (Å²) in [5, 5.41) is 5.08. The van der Waals surface area contributed by atoms with Crippen molar-refractivity contribution in [2.75, 3.05) is 17.5 Å². The van der Waals surface area contributed by atoms with Crippen LogP contribution in [-0.2, 0) is 16.4 Å². The van der Waals surface area contributed by atoms with Crippen LogP contribution in [-0.4, -0.2) is 32.1 Å². The van der Waals surface area contributed by atoms with E-state index in [4.69, 9.17) is 0 Å². The monoisotopic (exact) mass is 479 g/mol. The summed E-state index contributed by atoms with van der Waals surface area (Å²) in [4.78, 5) is 16.8. The number of carbonyl (C=O) groups excluding carboxylic acids is 1. The minimum absolute atomic E-state index is 0.131. The summed E-state index contributed by atoms with van der Waals surface area (Å²) in [6.07, 6.45) is 0.965. The molecule has 0 aliphatic heterocycles. The number of anilines is 1. The Kier molecular flexibility index (Phi) is 7.25. The number of carbonyl (C=O) groups is 1. The maximum absolute atomic E-state index is 14.1. The maximum Gasteiger partial charge on any atom is 0.270 e. The number of halogens is 2. The fraction of sp³-hybridized carbons (Fsp3) is 0.273. The van der Waals surface area contributed by atoms with Crippen molar-refractivity contribution in [3.8, 4) is 10.6 Å². The quantitative estimate of drug-likeness (QED) is 0.496. The Balaban J connectivity index is 1.62. The van der Waals surface area contributed by atoms with Gasteiger partial charge in [-0.15, -0.1) is 11.3 Å². The Labute approximate surface area is 189 Å². The van der Waals surface area contributed by atoms with Crippen LogP contribution < -0.4 is 10.0 Å². The summed E-state index contributed by atoms with van der Waals surface area (Å²) in [5.41, 5.74) is 1.94. The van der Waals surface area contributed by atoms with Crippen molar-refractivity contribution < 1.29 is 22.0 Å². The highest BCUT2D eigenvalue weighted by Crippen LogP contribution is 2.27. The molecule has 0 aliphatic carbocycles. The molecule has 10 heteroatoms. The summed E-state index contributed by atoms with van der Waals surface area (Å²) in [6.45, 7) is 4.34. The van der Waals surface area contributed by atoms with Crippen molar-refractivity contribution >= 4 is 33.0 Å². The Morgan fingerprint density at radius 2 is 1.84 bits per heavy atom. The van der Waals surface area contributed by atoms with E-state index in [0.717, 1.165) is 29.0 Å². The van der Waals surface area contributed by atoms with Gasteiger partial charge in [-0.2, -0.15) is 0 Å². The van der Waals surface area contributed by atoms with E-state index in [1.165, 1.54) is 16.9 Å². The smallest absolute Gasteiger partial charge is 0.270 e. The molecule has 3 aromatic rings. The maximum atomic E-state index is 14.1. The first kappa shape index (κ1) is 23.8. The number of thiazole rings is 1. The lowest BCUT2D eigenvalue weighted by atomic mass is 10.0. The van der Waals surface area contributed by atoms with E-state index in [1.54, 1.807) is 5.38 Å². The fourth-order valence-electron chi connectivity index (χ4n) is 3.01. The van der Waals surface area contributed by atoms with Gasteiger partial charge in [0.05, 0.1) is 6.26 Å². The van der Waals surface area contributed by atoms with Crippen LogP contribution in [0, 0.1) is 11.6 Å². The van der Waals surface area contributed by atoms with Gasteiger partial charge in [0.15, 0.2) is 11.6 Å². The lowest BCUT2D eigenvalue weighted by Crippen LogP contribution is -2.26. The van der Waals surface area contributed by atoms with Crippen LogP contribution in [0.1, 0.15) is 41.4 Å². The van der Waals surface area contributed by atoms with Crippen LogP contribution in [0.4, 0.5) is 14.5 Å². The molecule has 0 atom stereocenters. The molecule has 32 heavy (non-hydrogen) atoms. The topological polar surface area (TPSA) is 88.2 Å². The van der Waals surface area contributed by atoms with Crippen LogP contribution in [0.5, 0.6) is 0 Å². The van der Waals surface area contributed by atoms with Crippen LogP contribution in [0.2, 0.25) is 0 Å². The van der Waals surface area contributed by atoms with Gasteiger partial charge in [-0.1, -0.05) is 32.0 Å². The highest BCUT2D eigenvalue weighted by atomic mass is 32.2. The van der Waals surface area contributed by atoms with E-state index in [0.29, 0.717) is 5.92 Å². The minimum Gasteiger partial charge on any atom is -0.350 e. The highest BCUT2D eigenvalue weighted by Gasteiger charge is 2.16. The molecule has 2 aromatic carbocycles. The molecule has 6 nitrogen and oxygen atoms in total. The molecule has 1 heterocycles. The first-order valence-corrected chi connectivity index (χ1v) is 12.6. The minimum atomic E-state index is -3.81. The van der Waals surface area contributed by atoms with Gasteiger partial charge < -0.3 is 5.32 Å². The van der Waals surface area contributed by atoms with Gasteiger partial charge in [0.1, 0.15) is 16.4 Å². The molecule has 1 aromatic heterocycles. The molecule has 0 saturated carbocycles. The van der Waals surface area contributed by atoms with E-state index in [9.17, 15) is 22.0 Å². The normalized spacial score (nSPS) is 11.6. The predicted molar refractivity (Wildman–Crippen MR) is 123 cm³/mol. The van der Waals surface area contributed by atoms with Crippen molar-refractivity contribution in [3.05, 3.63) is 70.2 Å². The molecule has 0 bridgehead atoms. The molecule has 3 rings (SSSR count). The zero-order chi connectivity index (χ0) is 23.5. The number of hydrogen-bond acceptors (Lipinski definition) is 5. The Hall–Kier alpha value is -2.85. The number of aromatic nitrogens is 1. The van der Waals surface area contributed by atoms with E-state index in [1.807, 2.05) is 22.9 Å². The Morgan fingerprint density at radius 3 is 2.47 bits per heavy atom. The molecule has 0 unspecified atom stereocenters. The van der Waals surface area contributed by atoms with Crippen molar-refractivity contribution in [3.63, 3.8) is 0 Å². The summed E-state index contributed by atoms with van der Waals surface area (Å²) >= 11 is 1.36. The second kappa shape index (κ2) is 9.74. The summed E-state index contributed by atoms with van der Waals surface area (Å²) < 4.78 is 52.4. The predicted octanol–water partition coefficient (Wildman–Crippen LogP) is 4.56. The first-order chi connectivity index (χ1) is 15.0. The van der Waals surface area contributed by atoms with Crippen LogP contribution in [0.25, 0.3) is 10.6 Å². The lowest BCUT2D eigenvalue weighted by Gasteiger charge is -2.09. The number of amides is 1. The molecule has 0 saturated heterocycles. The zero-order valence-electron chi connectivity index (χ0n) is 17.8. The van der Waals surface area contributed by atoms with Crippen molar-refractivity contribution in [1.82, 2.24) is 10.3 Å². The summed E-state index contributed by atoms with van der Waals surface area (Å²) in [5.74, 6) is -2.05. The van der Waals surface area contributed by atoms with Gasteiger partial charge in [-0.3, -0.25) is 9.52 Å². The largest absolute Gasteiger partial charge is 0.350 e. The molecule has 2 N–H and O–H groups in total. The second-order valence-corrected chi connectivity index (χ2v) is 10.2. The van der Waals surface area contributed by atoms with Crippen molar-refractivity contribution in [2.45, 2.75) is 26.2 Å². The third-order valence-electron chi connectivity index (χ3n) is 4.63. The van der Waals surface area contributed by atoms with Crippen molar-refractivity contribution in [1.29, 1.82) is 0 Å². The molecule has 0 spiro atoms. The molecular weight excluding hydrogens is 456 g/mol. The van der Waals surface area contributed by atoms with E-state index < -0.39 is 27.3 Å². The van der Waals surface area contributed by atoms with Gasteiger partial charge >= 0.3 is 0 Å². The van der Waals surface area contributed by atoms with E-state index in [2.05, 4.69) is 30.2 Å². The zero-order valence-corrected chi connectivity index (χ0v) is 19.4. The first-order valence-electron chi connectivity index (χ1n) is 9.83. The van der Waals surface area contributed by atoms with Gasteiger partial charge in [0.2, 0.25) is 10.0 Å². The standard InChI is InChI=1S/C22H23F2N3O3S2/c1-13(2)15-5-4-6-16(11-15)22-26-19(12-31-22)21(28)25-8-7-14-9-17(23)20(18(24)10-14)27-32(3,29)30/h4-6,9-13,27H,7-8H2,1-3H3,(H,25,28). The van der Waals surface area contributed by atoms with E-state index in [-0.39, 0.29) is 30.1 Å². The SMILES string of the molecule is CC(C)c1cccc(-c2nc(C(=O)NCCc3cc(F)c(NS(C)(=O)=O)c(F)c3)cs2)c1. The van der Waals surface area contributed by atoms with Crippen LogP contribution in [0.15, 0.2) is 41.8 Å². The average molecular weight is 480 g/mol. The van der Waals surface area contributed by atoms with Crippen LogP contribution >= 0.6 is 11.3 Å². The van der Waals surface area contributed by atoms with Gasteiger partial charge in [0, 0.05) is 17.5 Å². The van der Waals surface area contributed by atoms with Gasteiger partial charge in [-0.05, 0) is 41.7 Å². The Morgan fingerprint density at radius 1 is 1.16 bits per heavy atom. The number of hydrogen-bond donors (Lipinski definition) is 2. The molecule has 0 fully saturated rings. The van der Waals surface area contributed by atoms with E-state index >= 15 is 0 Å². The number of nitrogens with zero attached hydrogens (tertiary/aromatic N) is 1. The van der Waals surface area contributed by atoms with Crippen molar-refractivity contribution in [2.24, 2.45) is 0 Å². The second-order valence-electron chi connectivity index (χ2n) is 7.63. The lowest BCUT2D eigenvalue weighted by molar-refractivity contribution is 0.0950. The number of nitrogens with one attached hydrogen (secondary N) is 2. The number of sulfonamides is 1. The summed E-state index contributed by atoms with van der Waals surface area (Å²) in [7, 11) is -3.81. The molecule has 1 amide bonds. The average Bonchev–Trinajstić information content (AvgIpc) is 3.20. The molecule has 0 aliphatic rings. The van der Waals surface area contributed by atoms with Crippen LogP contribution in [0.3, 0.4) is 0 Å². The third kappa shape index (κ3) is 6.10.